The lowest BCUT2D eigenvalue weighted by atomic mass is 9.72. The molecular formula is C33H28N4O4S. The number of carbonyl (C=O) groups excluding carboxylic acids is 2. The molecule has 1 aliphatic heterocycles. The van der Waals surface area contributed by atoms with Crippen LogP contribution in [-0.4, -0.2) is 33.6 Å². The van der Waals surface area contributed by atoms with Gasteiger partial charge in [0.1, 0.15) is 24.0 Å². The zero-order chi connectivity index (χ0) is 28.8. The zero-order valence-electron chi connectivity index (χ0n) is 23.2. The molecule has 2 aliphatic rings. The molecule has 1 aliphatic carbocycles. The van der Waals surface area contributed by atoms with Gasteiger partial charge in [0.2, 0.25) is 5.13 Å². The van der Waals surface area contributed by atoms with Crippen molar-refractivity contribution < 1.29 is 19.1 Å². The highest BCUT2D eigenvalue weighted by Crippen LogP contribution is 2.49. The van der Waals surface area contributed by atoms with E-state index < -0.39 is 0 Å². The molecule has 42 heavy (non-hydrogen) atoms. The molecule has 0 amide bonds. The Morgan fingerprint density at radius 1 is 1.05 bits per heavy atom. The van der Waals surface area contributed by atoms with Crippen molar-refractivity contribution in [2.75, 3.05) is 12.4 Å². The molecule has 0 bridgehead atoms. The Kier molecular flexibility index (Phi) is 6.59. The topological polar surface area (TPSA) is 95.3 Å². The monoisotopic (exact) mass is 576 g/mol. The number of nitrogens with zero attached hydrogens (tertiary/aromatic N) is 3. The number of nitrogens with one attached hydrogen (secondary N) is 1. The van der Waals surface area contributed by atoms with Gasteiger partial charge in [0.15, 0.2) is 0 Å². The molecule has 8 nitrogen and oxygen atoms in total. The molecule has 0 spiro atoms. The van der Waals surface area contributed by atoms with E-state index in [2.05, 4.69) is 17.5 Å². The maximum Gasteiger partial charge on any atom is 0.337 e. The minimum Gasteiger partial charge on any atom is -0.489 e. The van der Waals surface area contributed by atoms with Crippen LogP contribution in [0.3, 0.4) is 0 Å². The third-order valence-electron chi connectivity index (χ3n) is 7.93. The summed E-state index contributed by atoms with van der Waals surface area (Å²) in [4.78, 5) is 29.9. The molecule has 9 heteroatoms. The number of anilines is 1. The van der Waals surface area contributed by atoms with Crippen LogP contribution in [-0.2, 0) is 16.1 Å². The molecule has 3 aromatic carbocycles. The number of benzene rings is 3. The minimum absolute atomic E-state index is 0.177. The van der Waals surface area contributed by atoms with E-state index in [4.69, 9.17) is 19.6 Å². The molecule has 2 atom stereocenters. The smallest absolute Gasteiger partial charge is 0.337 e. The number of aromatic nitrogens is 3. The summed E-state index contributed by atoms with van der Waals surface area (Å²) in [6.45, 7) is 2.36. The third-order valence-corrected chi connectivity index (χ3v) is 8.95. The molecule has 0 saturated carbocycles. The number of carbonyl (C=O) groups is 2. The number of Topliss-reactive ketones (excluding diaryl/α,β-unsaturated/α-hetero) is 1. The number of esters is 1. The Labute approximate surface area is 246 Å². The van der Waals surface area contributed by atoms with Crippen LogP contribution in [0, 0.1) is 12.8 Å². The van der Waals surface area contributed by atoms with Gasteiger partial charge in [0.25, 0.3) is 0 Å². The number of ether oxygens (including phenoxy) is 2. The molecule has 0 unspecified atom stereocenters. The van der Waals surface area contributed by atoms with Gasteiger partial charge in [-0.2, -0.15) is 9.78 Å². The van der Waals surface area contributed by atoms with Crippen LogP contribution in [0.2, 0.25) is 0 Å². The van der Waals surface area contributed by atoms with Crippen molar-refractivity contribution in [3.63, 3.8) is 0 Å². The van der Waals surface area contributed by atoms with Gasteiger partial charge in [-0.1, -0.05) is 53.8 Å². The van der Waals surface area contributed by atoms with E-state index >= 15 is 0 Å². The third kappa shape index (κ3) is 4.55. The fourth-order valence-corrected chi connectivity index (χ4v) is 6.82. The number of fused-ring (bicyclic) bond motifs is 3. The predicted molar refractivity (Wildman–Crippen MR) is 161 cm³/mol. The van der Waals surface area contributed by atoms with Gasteiger partial charge in [-0.3, -0.25) is 4.79 Å². The van der Waals surface area contributed by atoms with Crippen molar-refractivity contribution in [3.05, 3.63) is 113 Å². The van der Waals surface area contributed by atoms with Gasteiger partial charge in [-0.05, 0) is 60.9 Å². The largest absolute Gasteiger partial charge is 0.489 e. The summed E-state index contributed by atoms with van der Waals surface area (Å²) in [6, 6.07) is 23.2. The lowest BCUT2D eigenvalue weighted by Gasteiger charge is -2.36. The number of rotatable bonds is 6. The second-order valence-electron chi connectivity index (χ2n) is 10.5. The maximum absolute atomic E-state index is 13.4. The van der Waals surface area contributed by atoms with Crippen LogP contribution >= 0.6 is 11.3 Å². The number of methoxy groups -OCH3 is 1. The number of hydrogen-bond donors (Lipinski definition) is 1. The van der Waals surface area contributed by atoms with Gasteiger partial charge in [-0.15, -0.1) is 0 Å². The molecule has 210 valence electrons. The number of thiazole rings is 1. The normalized spacial score (nSPS) is 17.7. The number of ketones is 1. The van der Waals surface area contributed by atoms with Crippen LogP contribution in [0.4, 0.5) is 5.82 Å². The molecular weight excluding hydrogens is 548 g/mol. The highest BCUT2D eigenvalue weighted by molar-refractivity contribution is 7.20. The Bertz CT molecular complexity index is 1820. The first-order valence-electron chi connectivity index (χ1n) is 13.9. The molecule has 3 heterocycles. The van der Waals surface area contributed by atoms with Crippen molar-refractivity contribution >= 4 is 39.1 Å². The van der Waals surface area contributed by atoms with Crippen molar-refractivity contribution in [1.82, 2.24) is 14.8 Å². The lowest BCUT2D eigenvalue weighted by molar-refractivity contribution is -0.122. The fourth-order valence-electron chi connectivity index (χ4n) is 5.90. The first-order valence-corrected chi connectivity index (χ1v) is 14.7. The van der Waals surface area contributed by atoms with E-state index in [0.29, 0.717) is 18.6 Å². The van der Waals surface area contributed by atoms with Crippen LogP contribution < -0.4 is 10.1 Å². The van der Waals surface area contributed by atoms with Crippen LogP contribution in [0.1, 0.15) is 51.5 Å². The highest BCUT2D eigenvalue weighted by Gasteiger charge is 2.43. The molecule has 0 fully saturated rings. The standard InChI is InChI=1S/C33H28N4O4S/c1-19-28-29(21-14-16-23(17-15-21)41-18-20-10-12-22(13-11-20)32(39)40-2)30-25(7-5-8-26(30)38)34-31(28)37(36-19)33-35-24-6-3-4-9-27(24)42-33/h3-4,6-7,9-17,29-30,34H,5,8,18H2,1-2H3/t29-,30+/m0/s1. The minimum atomic E-state index is -0.366. The van der Waals surface area contributed by atoms with Gasteiger partial charge in [0, 0.05) is 23.6 Å². The second kappa shape index (κ2) is 10.6. The van der Waals surface area contributed by atoms with Gasteiger partial charge in [0.05, 0.1) is 34.5 Å². The SMILES string of the molecule is COC(=O)c1ccc(COc2ccc([C@H]3c4c(C)nn(-c5nc6ccccc6s5)c4NC4=CCCC(=O)[C@@H]43)cc2)cc1. The average Bonchev–Trinajstić information content (AvgIpc) is 3.60. The average molecular weight is 577 g/mol. The molecule has 2 aromatic heterocycles. The first kappa shape index (κ1) is 26.2. The summed E-state index contributed by atoms with van der Waals surface area (Å²) in [7, 11) is 1.37. The van der Waals surface area contributed by atoms with Gasteiger partial charge < -0.3 is 14.8 Å². The van der Waals surface area contributed by atoms with Crippen molar-refractivity contribution in [1.29, 1.82) is 0 Å². The summed E-state index contributed by atoms with van der Waals surface area (Å²) in [6.07, 6.45) is 3.40. The Hall–Kier alpha value is -4.76. The van der Waals surface area contributed by atoms with Crippen LogP contribution in [0.5, 0.6) is 5.75 Å². The van der Waals surface area contributed by atoms with Crippen LogP contribution in [0.25, 0.3) is 15.3 Å². The summed E-state index contributed by atoms with van der Waals surface area (Å²) in [5.74, 6) is 0.983. The number of para-hydroxylation sites is 1. The molecule has 7 rings (SSSR count). The van der Waals surface area contributed by atoms with Gasteiger partial charge >= 0.3 is 5.97 Å². The first-order chi connectivity index (χ1) is 20.5. The van der Waals surface area contributed by atoms with E-state index in [1.165, 1.54) is 7.11 Å². The Morgan fingerprint density at radius 2 is 1.83 bits per heavy atom. The maximum atomic E-state index is 13.4. The van der Waals surface area contributed by atoms with Crippen molar-refractivity contribution in [2.24, 2.45) is 5.92 Å². The number of hydrogen-bond acceptors (Lipinski definition) is 8. The highest BCUT2D eigenvalue weighted by atomic mass is 32.1. The van der Waals surface area contributed by atoms with E-state index in [-0.39, 0.29) is 23.6 Å². The van der Waals surface area contributed by atoms with Crippen LogP contribution in [0.15, 0.2) is 84.6 Å². The number of allylic oxidation sites excluding steroid dienone is 2. The molecule has 0 saturated heterocycles. The van der Waals surface area contributed by atoms with Crippen molar-refractivity contribution in [3.8, 4) is 10.9 Å². The fraction of sp³-hybridized carbons (Fsp3) is 0.212. The molecule has 5 aromatic rings. The quantitative estimate of drug-likeness (QED) is 0.228. The van der Waals surface area contributed by atoms with E-state index in [9.17, 15) is 9.59 Å². The summed E-state index contributed by atoms with van der Waals surface area (Å²) in [5, 5.41) is 9.30. The van der Waals surface area contributed by atoms with Gasteiger partial charge in [-0.25, -0.2) is 9.78 Å². The van der Waals surface area contributed by atoms with Crippen molar-refractivity contribution in [2.45, 2.75) is 32.3 Å². The predicted octanol–water partition coefficient (Wildman–Crippen LogP) is 6.58. The molecule has 0 radical (unpaired) electrons. The molecule has 1 N–H and O–H groups in total. The lowest BCUT2D eigenvalue weighted by Crippen LogP contribution is -2.35. The summed E-state index contributed by atoms with van der Waals surface area (Å²) < 4.78 is 13.8. The Balaban J connectivity index is 1.21. The summed E-state index contributed by atoms with van der Waals surface area (Å²) in [5.41, 5.74) is 6.23. The summed E-state index contributed by atoms with van der Waals surface area (Å²) >= 11 is 1.60. The van der Waals surface area contributed by atoms with E-state index in [1.807, 2.05) is 66.2 Å². The zero-order valence-corrected chi connectivity index (χ0v) is 24.0. The van der Waals surface area contributed by atoms with E-state index in [0.717, 1.165) is 61.4 Å². The Morgan fingerprint density at radius 3 is 2.60 bits per heavy atom. The number of aryl methyl sites for hydroxylation is 1. The second-order valence-corrected chi connectivity index (χ2v) is 11.5. The van der Waals surface area contributed by atoms with E-state index in [1.54, 1.807) is 23.5 Å².